The Kier molecular flexibility index (Phi) is 7.20. The molecule has 176 valence electrons. The van der Waals surface area contributed by atoms with Crippen LogP contribution in [-0.2, 0) is 16.1 Å². The number of benzene rings is 2. The average Bonchev–Trinajstić information content (AvgIpc) is 2.75. The van der Waals surface area contributed by atoms with Crippen molar-refractivity contribution in [1.29, 1.82) is 0 Å². The highest BCUT2D eigenvalue weighted by Gasteiger charge is 2.58. The van der Waals surface area contributed by atoms with E-state index in [2.05, 4.69) is 10.6 Å². The fraction of sp³-hybridized carbons (Fsp3) is 0.391. The Balaban J connectivity index is 1.25. The summed E-state index contributed by atoms with van der Waals surface area (Å²) in [5.74, 6) is 0.244. The summed E-state index contributed by atoms with van der Waals surface area (Å²) >= 11 is 23.8. The molecule has 2 aromatic rings. The summed E-state index contributed by atoms with van der Waals surface area (Å²) in [5, 5.41) is 7.71. The molecule has 2 amide bonds. The Morgan fingerprint density at radius 1 is 0.848 bits per heavy atom. The second-order valence-corrected chi connectivity index (χ2v) is 10.3. The second-order valence-electron chi connectivity index (χ2n) is 8.63. The lowest BCUT2D eigenvalue weighted by molar-refractivity contribution is -0.129. The van der Waals surface area contributed by atoms with Crippen LogP contribution >= 0.6 is 46.4 Å². The van der Waals surface area contributed by atoms with Gasteiger partial charge in [0.15, 0.2) is 6.61 Å². The lowest BCUT2D eigenvalue weighted by Gasteiger charge is -2.60. The first-order chi connectivity index (χ1) is 15.7. The molecule has 3 aliphatic rings. The number of halogens is 4. The number of ether oxygens (including phenoxy) is 2. The Morgan fingerprint density at radius 2 is 1.48 bits per heavy atom. The van der Waals surface area contributed by atoms with Crippen LogP contribution in [0.25, 0.3) is 0 Å². The van der Waals surface area contributed by atoms with Gasteiger partial charge in [-0.2, -0.15) is 0 Å². The van der Waals surface area contributed by atoms with Gasteiger partial charge in [-0.15, -0.1) is 0 Å². The minimum atomic E-state index is -0.495. The maximum atomic E-state index is 12.5. The first-order valence-electron chi connectivity index (χ1n) is 10.5. The summed E-state index contributed by atoms with van der Waals surface area (Å²) in [6.07, 6.45) is 3.40. The van der Waals surface area contributed by atoms with Crippen LogP contribution in [-0.4, -0.2) is 29.7 Å². The fourth-order valence-electron chi connectivity index (χ4n) is 4.74. The largest absolute Gasteiger partial charge is 0.484 e. The van der Waals surface area contributed by atoms with Crippen molar-refractivity contribution in [2.24, 2.45) is 0 Å². The molecule has 3 saturated carbocycles. The summed E-state index contributed by atoms with van der Waals surface area (Å²) in [7, 11) is 0. The minimum Gasteiger partial charge on any atom is -0.484 e. The molecule has 10 heteroatoms. The average molecular weight is 532 g/mol. The van der Waals surface area contributed by atoms with E-state index in [-0.39, 0.29) is 30.2 Å². The number of nitrogens with one attached hydrogen (secondary N) is 2. The van der Waals surface area contributed by atoms with Crippen molar-refractivity contribution in [2.75, 3.05) is 6.61 Å². The van der Waals surface area contributed by atoms with Crippen molar-refractivity contribution in [3.05, 3.63) is 62.1 Å². The molecule has 0 heterocycles. The molecular weight excluding hydrogens is 510 g/mol. The van der Waals surface area contributed by atoms with E-state index in [1.54, 1.807) is 36.4 Å². The molecule has 33 heavy (non-hydrogen) atoms. The number of hydrogen-bond donors (Lipinski definition) is 2. The third-order valence-corrected chi connectivity index (χ3v) is 7.53. The maximum absolute atomic E-state index is 12.5. The van der Waals surface area contributed by atoms with Gasteiger partial charge in [0.1, 0.15) is 12.4 Å². The first kappa shape index (κ1) is 24.3. The van der Waals surface area contributed by atoms with Crippen molar-refractivity contribution in [2.45, 2.75) is 49.8 Å². The highest BCUT2D eigenvalue weighted by Crippen LogP contribution is 2.52. The highest BCUT2D eigenvalue weighted by molar-refractivity contribution is 6.42. The van der Waals surface area contributed by atoms with Gasteiger partial charge in [-0.3, -0.25) is 4.79 Å². The monoisotopic (exact) mass is 530 g/mol. The number of hydrogen-bond acceptors (Lipinski definition) is 4. The molecule has 3 fully saturated rings. The van der Waals surface area contributed by atoms with E-state index >= 15 is 0 Å². The third-order valence-electron chi connectivity index (χ3n) is 6.05. The zero-order valence-electron chi connectivity index (χ0n) is 17.6. The van der Waals surface area contributed by atoms with Gasteiger partial charge in [-0.05, 0) is 61.9 Å². The van der Waals surface area contributed by atoms with Gasteiger partial charge in [-0.25, -0.2) is 4.79 Å². The van der Waals surface area contributed by atoms with Gasteiger partial charge in [0.2, 0.25) is 0 Å². The molecule has 2 N–H and O–H groups in total. The van der Waals surface area contributed by atoms with Gasteiger partial charge in [0, 0.05) is 17.1 Å². The van der Waals surface area contributed by atoms with Crippen LogP contribution < -0.4 is 15.4 Å². The number of fused-ring (bicyclic) bond motifs is 2. The van der Waals surface area contributed by atoms with Crippen LogP contribution in [0.4, 0.5) is 4.79 Å². The SMILES string of the molecule is O=C(COc1ccc(Cl)c(Cl)c1)NC12CCCC(NC(=O)OCc3ccc(Cl)c(Cl)c3)(C1)C2. The Morgan fingerprint density at radius 3 is 2.15 bits per heavy atom. The van der Waals surface area contributed by atoms with E-state index in [0.29, 0.717) is 38.7 Å². The lowest BCUT2D eigenvalue weighted by atomic mass is 9.54. The van der Waals surface area contributed by atoms with Crippen LogP contribution in [0.2, 0.25) is 20.1 Å². The molecule has 2 bridgehead atoms. The first-order valence-corrected chi connectivity index (χ1v) is 12.0. The third kappa shape index (κ3) is 5.80. The summed E-state index contributed by atoms with van der Waals surface area (Å²) in [6.45, 7) is -0.0431. The summed E-state index contributed by atoms with van der Waals surface area (Å²) in [4.78, 5) is 24.9. The van der Waals surface area contributed by atoms with Gasteiger partial charge in [0.05, 0.1) is 20.1 Å². The Labute approximate surface area is 211 Å². The van der Waals surface area contributed by atoms with Crippen molar-refractivity contribution < 1.29 is 19.1 Å². The molecule has 5 rings (SSSR count). The lowest BCUT2D eigenvalue weighted by Crippen LogP contribution is -2.73. The molecule has 2 aromatic carbocycles. The van der Waals surface area contributed by atoms with Gasteiger partial charge >= 0.3 is 6.09 Å². The number of amides is 2. The predicted molar refractivity (Wildman–Crippen MR) is 128 cm³/mol. The van der Waals surface area contributed by atoms with E-state index in [4.69, 9.17) is 55.9 Å². The summed E-state index contributed by atoms with van der Waals surface area (Å²) < 4.78 is 10.9. The smallest absolute Gasteiger partial charge is 0.407 e. The molecule has 0 saturated heterocycles. The van der Waals surface area contributed by atoms with Crippen molar-refractivity contribution in [3.8, 4) is 5.75 Å². The minimum absolute atomic E-state index is 0.0900. The molecule has 0 radical (unpaired) electrons. The Bertz CT molecular complexity index is 991. The zero-order valence-corrected chi connectivity index (χ0v) is 20.6. The zero-order chi connectivity index (χ0) is 23.6. The van der Waals surface area contributed by atoms with Gasteiger partial charge < -0.3 is 20.1 Å². The molecule has 6 nitrogen and oxygen atoms in total. The normalized spacial score (nSPS) is 23.3. The predicted octanol–water partition coefficient (Wildman–Crippen LogP) is 6.18. The van der Waals surface area contributed by atoms with Crippen molar-refractivity contribution >= 4 is 58.4 Å². The number of carbonyl (C=O) groups is 2. The standard InChI is InChI=1S/C23H22Cl4N2O4/c24-16-4-2-14(8-18(16)26)10-33-21(31)29-23-7-1-6-22(12-23,13-23)28-20(30)11-32-15-3-5-17(25)19(27)9-15/h2-5,8-9H,1,6-7,10-13H2,(H,28,30)(H,29,31). The number of alkyl carbamates (subject to hydrolysis) is 1. The van der Waals surface area contributed by atoms with Crippen molar-refractivity contribution in [3.63, 3.8) is 0 Å². The number of rotatable bonds is 7. The van der Waals surface area contributed by atoms with Crippen LogP contribution in [0.1, 0.15) is 37.7 Å². The quantitative estimate of drug-likeness (QED) is 0.447. The molecule has 0 aliphatic heterocycles. The molecular formula is C23H22Cl4N2O4. The van der Waals surface area contributed by atoms with E-state index in [1.807, 2.05) is 0 Å². The summed E-state index contributed by atoms with van der Waals surface area (Å²) in [6, 6.07) is 9.92. The van der Waals surface area contributed by atoms with Crippen LogP contribution in [0.5, 0.6) is 5.75 Å². The van der Waals surface area contributed by atoms with Crippen molar-refractivity contribution in [1.82, 2.24) is 10.6 Å². The van der Waals surface area contributed by atoms with Crippen LogP contribution in [0.15, 0.2) is 36.4 Å². The van der Waals surface area contributed by atoms with E-state index in [9.17, 15) is 9.59 Å². The maximum Gasteiger partial charge on any atom is 0.407 e. The second kappa shape index (κ2) is 9.79. The highest BCUT2D eigenvalue weighted by atomic mass is 35.5. The molecule has 0 unspecified atom stereocenters. The molecule has 0 spiro atoms. The fourth-order valence-corrected chi connectivity index (χ4v) is 5.35. The summed E-state index contributed by atoms with van der Waals surface area (Å²) in [5.41, 5.74) is 0.0379. The van der Waals surface area contributed by atoms with Gasteiger partial charge in [-0.1, -0.05) is 52.5 Å². The number of carbonyl (C=O) groups excluding carboxylic acids is 2. The molecule has 0 aromatic heterocycles. The van der Waals surface area contributed by atoms with Crippen LogP contribution in [0.3, 0.4) is 0 Å². The topological polar surface area (TPSA) is 76.7 Å². The van der Waals surface area contributed by atoms with Gasteiger partial charge in [0.25, 0.3) is 5.91 Å². The van der Waals surface area contributed by atoms with E-state index in [0.717, 1.165) is 24.8 Å². The van der Waals surface area contributed by atoms with E-state index < -0.39 is 6.09 Å². The molecule has 3 aliphatic carbocycles. The Hall–Kier alpha value is -1.86. The molecule has 0 atom stereocenters. The van der Waals surface area contributed by atoms with E-state index in [1.165, 1.54) is 0 Å². The van der Waals surface area contributed by atoms with Crippen LogP contribution in [0, 0.1) is 0 Å².